The van der Waals surface area contributed by atoms with Gasteiger partial charge in [-0.2, -0.15) is 0 Å². The summed E-state index contributed by atoms with van der Waals surface area (Å²) in [4.78, 5) is 13.8. The lowest BCUT2D eigenvalue weighted by molar-refractivity contribution is 0.101. The van der Waals surface area contributed by atoms with E-state index in [1.807, 2.05) is 18.2 Å². The molecule has 0 aromatic heterocycles. The van der Waals surface area contributed by atoms with Crippen LogP contribution in [0.5, 0.6) is 0 Å². The number of hydrogen-bond acceptors (Lipinski definition) is 3. The summed E-state index contributed by atoms with van der Waals surface area (Å²) in [6.07, 6.45) is 4.95. The lowest BCUT2D eigenvalue weighted by Gasteiger charge is -2.25. The van der Waals surface area contributed by atoms with Crippen molar-refractivity contribution in [3.05, 3.63) is 23.8 Å². The van der Waals surface area contributed by atoms with E-state index in [1.165, 1.54) is 25.7 Å². The van der Waals surface area contributed by atoms with Crippen LogP contribution in [-0.4, -0.2) is 18.4 Å². The van der Waals surface area contributed by atoms with E-state index < -0.39 is 0 Å². The number of carbonyl (C=O) groups excluding carboxylic acids is 1. The highest BCUT2D eigenvalue weighted by atomic mass is 16.1. The van der Waals surface area contributed by atoms with E-state index in [4.69, 9.17) is 5.73 Å². The van der Waals surface area contributed by atoms with Crippen molar-refractivity contribution in [1.82, 2.24) is 0 Å². The normalized spacial score (nSPS) is 14.6. The van der Waals surface area contributed by atoms with Gasteiger partial charge in [0.15, 0.2) is 5.78 Å². The van der Waals surface area contributed by atoms with E-state index in [0.717, 1.165) is 12.2 Å². The molecule has 0 aliphatic heterocycles. The largest absolute Gasteiger partial charge is 0.398 e. The topological polar surface area (TPSA) is 46.3 Å². The SMILES string of the molecule is CCCCN(c1ccc(C(C)=O)c(N)c1)C1CC1. The van der Waals surface area contributed by atoms with E-state index in [2.05, 4.69) is 11.8 Å². The van der Waals surface area contributed by atoms with Gasteiger partial charge < -0.3 is 10.6 Å². The number of carbonyl (C=O) groups is 1. The second-order valence-corrected chi connectivity index (χ2v) is 5.11. The summed E-state index contributed by atoms with van der Waals surface area (Å²) in [7, 11) is 0. The van der Waals surface area contributed by atoms with E-state index in [0.29, 0.717) is 17.3 Å². The van der Waals surface area contributed by atoms with Crippen LogP contribution < -0.4 is 10.6 Å². The minimum absolute atomic E-state index is 0.0329. The fourth-order valence-electron chi connectivity index (χ4n) is 2.29. The summed E-state index contributed by atoms with van der Waals surface area (Å²) in [5, 5.41) is 0. The number of nitrogens with two attached hydrogens (primary N) is 1. The first-order valence-corrected chi connectivity index (χ1v) is 6.80. The Labute approximate surface area is 109 Å². The number of unbranched alkanes of at least 4 members (excludes halogenated alkanes) is 1. The maximum Gasteiger partial charge on any atom is 0.161 e. The van der Waals surface area contributed by atoms with Crippen molar-refractivity contribution in [2.24, 2.45) is 0 Å². The Kier molecular flexibility index (Phi) is 3.90. The third kappa shape index (κ3) is 2.84. The van der Waals surface area contributed by atoms with Gasteiger partial charge in [-0.3, -0.25) is 4.79 Å². The van der Waals surface area contributed by atoms with Crippen LogP contribution in [0.3, 0.4) is 0 Å². The van der Waals surface area contributed by atoms with Crippen LogP contribution in [0.25, 0.3) is 0 Å². The first kappa shape index (κ1) is 12.9. The van der Waals surface area contributed by atoms with Crippen molar-refractivity contribution >= 4 is 17.2 Å². The van der Waals surface area contributed by atoms with Gasteiger partial charge in [0.05, 0.1) is 0 Å². The number of nitrogen functional groups attached to an aromatic ring is 1. The predicted molar refractivity (Wildman–Crippen MR) is 76.1 cm³/mol. The summed E-state index contributed by atoms with van der Waals surface area (Å²) in [5.74, 6) is 0.0329. The molecule has 0 atom stereocenters. The third-order valence-corrected chi connectivity index (χ3v) is 3.49. The highest BCUT2D eigenvalue weighted by molar-refractivity contribution is 5.99. The summed E-state index contributed by atoms with van der Waals surface area (Å²) >= 11 is 0. The van der Waals surface area contributed by atoms with Gasteiger partial charge in [-0.25, -0.2) is 0 Å². The minimum Gasteiger partial charge on any atom is -0.398 e. The van der Waals surface area contributed by atoms with Crippen LogP contribution in [-0.2, 0) is 0 Å². The molecule has 0 amide bonds. The average Bonchev–Trinajstić information content (AvgIpc) is 3.13. The molecule has 2 N–H and O–H groups in total. The van der Waals surface area contributed by atoms with Crippen LogP contribution in [0.4, 0.5) is 11.4 Å². The molecule has 0 unspecified atom stereocenters. The predicted octanol–water partition coefficient (Wildman–Crippen LogP) is 3.24. The van der Waals surface area contributed by atoms with Crippen LogP contribution in [0.2, 0.25) is 0 Å². The fourth-order valence-corrected chi connectivity index (χ4v) is 2.29. The van der Waals surface area contributed by atoms with E-state index in [9.17, 15) is 4.79 Å². The summed E-state index contributed by atoms with van der Waals surface area (Å²) in [6, 6.07) is 6.51. The van der Waals surface area contributed by atoms with Gasteiger partial charge in [0, 0.05) is 29.5 Å². The van der Waals surface area contributed by atoms with Crippen molar-refractivity contribution in [3.8, 4) is 0 Å². The Morgan fingerprint density at radius 3 is 2.67 bits per heavy atom. The molecule has 1 fully saturated rings. The molecule has 0 bridgehead atoms. The standard InChI is InChI=1S/C15H22N2O/c1-3-4-9-17(12-5-6-12)13-7-8-14(11(2)18)15(16)10-13/h7-8,10,12H,3-6,9,16H2,1-2H3. The maximum atomic E-state index is 11.4. The van der Waals surface area contributed by atoms with Crippen LogP contribution in [0.1, 0.15) is 49.9 Å². The number of anilines is 2. The molecule has 0 heterocycles. The Morgan fingerprint density at radius 1 is 1.44 bits per heavy atom. The van der Waals surface area contributed by atoms with Gasteiger partial charge in [-0.1, -0.05) is 13.3 Å². The number of ketones is 1. The van der Waals surface area contributed by atoms with Gasteiger partial charge in [0.1, 0.15) is 0 Å². The molecule has 1 aromatic carbocycles. The molecule has 0 radical (unpaired) electrons. The third-order valence-electron chi connectivity index (χ3n) is 3.49. The molecule has 2 rings (SSSR count). The molecule has 1 aliphatic rings. The molecule has 98 valence electrons. The molecule has 1 saturated carbocycles. The van der Waals surface area contributed by atoms with Gasteiger partial charge in [0.25, 0.3) is 0 Å². The zero-order chi connectivity index (χ0) is 13.1. The number of Topliss-reactive ketones (excluding diaryl/α,β-unsaturated/α-hetero) is 1. The quantitative estimate of drug-likeness (QED) is 0.619. The van der Waals surface area contributed by atoms with E-state index in [1.54, 1.807) is 6.92 Å². The van der Waals surface area contributed by atoms with Crippen molar-refractivity contribution in [1.29, 1.82) is 0 Å². The first-order chi connectivity index (χ1) is 8.63. The van der Waals surface area contributed by atoms with Crippen LogP contribution in [0.15, 0.2) is 18.2 Å². The van der Waals surface area contributed by atoms with Crippen molar-refractivity contribution in [2.45, 2.75) is 45.6 Å². The number of benzene rings is 1. The Morgan fingerprint density at radius 2 is 2.17 bits per heavy atom. The number of hydrogen-bond donors (Lipinski definition) is 1. The van der Waals surface area contributed by atoms with Gasteiger partial charge in [0.2, 0.25) is 0 Å². The van der Waals surface area contributed by atoms with Crippen LogP contribution in [0, 0.1) is 0 Å². The molecule has 0 saturated heterocycles. The second-order valence-electron chi connectivity index (χ2n) is 5.11. The first-order valence-electron chi connectivity index (χ1n) is 6.80. The molecule has 1 aliphatic carbocycles. The zero-order valence-electron chi connectivity index (χ0n) is 11.3. The maximum absolute atomic E-state index is 11.4. The average molecular weight is 246 g/mol. The molecular formula is C15H22N2O. The highest BCUT2D eigenvalue weighted by Crippen LogP contribution is 2.33. The smallest absolute Gasteiger partial charge is 0.161 e. The molecule has 1 aromatic rings. The van der Waals surface area contributed by atoms with Gasteiger partial charge in [-0.05, 0) is 44.4 Å². The lowest BCUT2D eigenvalue weighted by Crippen LogP contribution is -2.26. The molecule has 3 nitrogen and oxygen atoms in total. The molecule has 0 spiro atoms. The van der Waals surface area contributed by atoms with Crippen molar-refractivity contribution < 1.29 is 4.79 Å². The fraction of sp³-hybridized carbons (Fsp3) is 0.533. The Bertz CT molecular complexity index is 438. The van der Waals surface area contributed by atoms with Crippen molar-refractivity contribution in [2.75, 3.05) is 17.2 Å². The number of rotatable bonds is 6. The second kappa shape index (κ2) is 5.42. The Balaban J connectivity index is 2.19. The van der Waals surface area contributed by atoms with Gasteiger partial charge in [-0.15, -0.1) is 0 Å². The molecule has 3 heteroatoms. The minimum atomic E-state index is 0.0329. The number of nitrogens with zero attached hydrogens (tertiary/aromatic N) is 1. The summed E-state index contributed by atoms with van der Waals surface area (Å²) in [5.41, 5.74) is 8.35. The molecular weight excluding hydrogens is 224 g/mol. The summed E-state index contributed by atoms with van der Waals surface area (Å²) < 4.78 is 0. The molecule has 18 heavy (non-hydrogen) atoms. The van der Waals surface area contributed by atoms with E-state index in [-0.39, 0.29) is 5.78 Å². The van der Waals surface area contributed by atoms with Gasteiger partial charge >= 0.3 is 0 Å². The summed E-state index contributed by atoms with van der Waals surface area (Å²) in [6.45, 7) is 4.85. The Hall–Kier alpha value is -1.51. The zero-order valence-corrected chi connectivity index (χ0v) is 11.3. The highest BCUT2D eigenvalue weighted by Gasteiger charge is 2.29. The van der Waals surface area contributed by atoms with E-state index >= 15 is 0 Å². The van der Waals surface area contributed by atoms with Crippen LogP contribution >= 0.6 is 0 Å². The lowest BCUT2D eigenvalue weighted by atomic mass is 10.1. The van der Waals surface area contributed by atoms with Crippen molar-refractivity contribution in [3.63, 3.8) is 0 Å². The monoisotopic (exact) mass is 246 g/mol.